The highest BCUT2D eigenvalue weighted by molar-refractivity contribution is 5.80. The molecule has 0 saturated heterocycles. The van der Waals surface area contributed by atoms with E-state index >= 15 is 0 Å². The maximum atomic E-state index is 7.03. The van der Waals surface area contributed by atoms with Gasteiger partial charge in [0.25, 0.3) is 0 Å². The fraction of sp³-hybridized carbons (Fsp3) is 0.182. The van der Waals surface area contributed by atoms with Gasteiger partial charge in [0, 0.05) is 6.21 Å². The molecule has 0 rings (SSSR count). The Balaban J connectivity index is 3.92. The Labute approximate surface area is 74.3 Å². The lowest BCUT2D eigenvalue weighted by atomic mass is 10.2. The molecule has 0 fully saturated rings. The van der Waals surface area contributed by atoms with Gasteiger partial charge in [-0.2, -0.15) is 0 Å². The van der Waals surface area contributed by atoms with Crippen LogP contribution in [-0.2, 0) is 0 Å². The zero-order valence-corrected chi connectivity index (χ0v) is 7.29. The Bertz CT molecular complexity index is 209. The standard InChI is InChI=1S/C11H15N/c1-3-5-6-7-9-11(10-12)8-4-2/h3-4,7-10,12H,1-2,5-6H2/b9-7-,11-8+,12-10?. The van der Waals surface area contributed by atoms with Gasteiger partial charge in [0.2, 0.25) is 0 Å². The molecule has 0 atom stereocenters. The first-order valence-corrected chi connectivity index (χ1v) is 3.95. The summed E-state index contributed by atoms with van der Waals surface area (Å²) in [6.45, 7) is 7.19. The number of unbranched alkanes of at least 4 members (excludes halogenated alkanes) is 1. The average molecular weight is 161 g/mol. The second-order valence-corrected chi connectivity index (χ2v) is 2.32. The minimum atomic E-state index is 0.870. The maximum absolute atomic E-state index is 7.03. The van der Waals surface area contributed by atoms with Crippen molar-refractivity contribution >= 4 is 6.21 Å². The summed E-state index contributed by atoms with van der Waals surface area (Å²) in [5, 5.41) is 7.03. The maximum Gasteiger partial charge on any atom is 0.0250 e. The average Bonchev–Trinajstić information content (AvgIpc) is 2.10. The molecule has 0 aliphatic heterocycles. The Morgan fingerprint density at radius 1 is 1.25 bits per heavy atom. The molecule has 0 bridgehead atoms. The molecule has 0 unspecified atom stereocenters. The van der Waals surface area contributed by atoms with Crippen molar-refractivity contribution in [2.24, 2.45) is 0 Å². The number of hydrogen-bond donors (Lipinski definition) is 1. The molecule has 0 heterocycles. The highest BCUT2D eigenvalue weighted by Crippen LogP contribution is 1.97. The van der Waals surface area contributed by atoms with Gasteiger partial charge in [-0.3, -0.25) is 0 Å². The van der Waals surface area contributed by atoms with Gasteiger partial charge >= 0.3 is 0 Å². The molecule has 1 N–H and O–H groups in total. The van der Waals surface area contributed by atoms with E-state index in [0.717, 1.165) is 18.4 Å². The molecule has 12 heavy (non-hydrogen) atoms. The summed E-state index contributed by atoms with van der Waals surface area (Å²) in [6.07, 6.45) is 12.6. The minimum Gasteiger partial charge on any atom is -0.308 e. The van der Waals surface area contributed by atoms with Crippen molar-refractivity contribution in [1.82, 2.24) is 0 Å². The van der Waals surface area contributed by atoms with Gasteiger partial charge in [0.1, 0.15) is 0 Å². The lowest BCUT2D eigenvalue weighted by molar-refractivity contribution is 1.05. The van der Waals surface area contributed by atoms with E-state index in [1.807, 2.05) is 18.2 Å². The van der Waals surface area contributed by atoms with Gasteiger partial charge < -0.3 is 5.41 Å². The van der Waals surface area contributed by atoms with Gasteiger partial charge in [-0.05, 0) is 18.4 Å². The van der Waals surface area contributed by atoms with E-state index < -0.39 is 0 Å². The van der Waals surface area contributed by atoms with E-state index in [2.05, 4.69) is 13.2 Å². The first-order chi connectivity index (χ1) is 5.85. The Hall–Kier alpha value is -1.37. The number of rotatable bonds is 6. The van der Waals surface area contributed by atoms with E-state index in [0.29, 0.717) is 0 Å². The number of allylic oxidation sites excluding steroid dienone is 6. The van der Waals surface area contributed by atoms with Crippen molar-refractivity contribution in [2.45, 2.75) is 12.8 Å². The zero-order chi connectivity index (χ0) is 9.23. The van der Waals surface area contributed by atoms with Crippen molar-refractivity contribution in [3.05, 3.63) is 49.1 Å². The monoisotopic (exact) mass is 161 g/mol. The minimum absolute atomic E-state index is 0.870. The highest BCUT2D eigenvalue weighted by atomic mass is 14.3. The smallest absolute Gasteiger partial charge is 0.0250 e. The summed E-state index contributed by atoms with van der Waals surface area (Å²) < 4.78 is 0. The van der Waals surface area contributed by atoms with Gasteiger partial charge in [0.15, 0.2) is 0 Å². The van der Waals surface area contributed by atoms with Crippen LogP contribution < -0.4 is 0 Å². The van der Waals surface area contributed by atoms with Gasteiger partial charge in [-0.1, -0.05) is 37.0 Å². The van der Waals surface area contributed by atoms with Crippen LogP contribution >= 0.6 is 0 Å². The predicted molar refractivity (Wildman–Crippen MR) is 55.6 cm³/mol. The van der Waals surface area contributed by atoms with Crippen molar-refractivity contribution in [3.63, 3.8) is 0 Å². The van der Waals surface area contributed by atoms with Crippen molar-refractivity contribution in [1.29, 1.82) is 5.41 Å². The molecule has 0 radical (unpaired) electrons. The fourth-order valence-electron chi connectivity index (χ4n) is 0.721. The van der Waals surface area contributed by atoms with Crippen LogP contribution in [-0.4, -0.2) is 6.21 Å². The van der Waals surface area contributed by atoms with E-state index in [1.165, 1.54) is 6.21 Å². The molecule has 0 aromatic heterocycles. The van der Waals surface area contributed by atoms with E-state index in [-0.39, 0.29) is 0 Å². The summed E-state index contributed by atoms with van der Waals surface area (Å²) in [5.74, 6) is 0. The molecular weight excluding hydrogens is 146 g/mol. The molecule has 0 spiro atoms. The summed E-state index contributed by atoms with van der Waals surface area (Å²) in [4.78, 5) is 0. The highest BCUT2D eigenvalue weighted by Gasteiger charge is 1.81. The molecule has 0 amide bonds. The molecule has 1 heteroatoms. The van der Waals surface area contributed by atoms with Gasteiger partial charge in [-0.15, -0.1) is 6.58 Å². The molecule has 0 aliphatic rings. The van der Waals surface area contributed by atoms with Gasteiger partial charge in [0.05, 0.1) is 0 Å². The van der Waals surface area contributed by atoms with E-state index in [4.69, 9.17) is 5.41 Å². The Morgan fingerprint density at radius 2 is 2.00 bits per heavy atom. The van der Waals surface area contributed by atoms with Crippen LogP contribution in [0.1, 0.15) is 12.8 Å². The number of nitrogens with one attached hydrogen (secondary N) is 1. The third-order valence-electron chi connectivity index (χ3n) is 1.32. The quantitative estimate of drug-likeness (QED) is 0.267. The normalized spacial score (nSPS) is 11.5. The van der Waals surface area contributed by atoms with Crippen molar-refractivity contribution < 1.29 is 0 Å². The van der Waals surface area contributed by atoms with E-state index in [1.54, 1.807) is 12.2 Å². The first kappa shape index (κ1) is 10.6. The topological polar surface area (TPSA) is 23.9 Å². The molecule has 0 saturated carbocycles. The molecule has 1 nitrogen and oxygen atoms in total. The summed E-state index contributed by atoms with van der Waals surface area (Å²) >= 11 is 0. The van der Waals surface area contributed by atoms with Crippen LogP contribution in [0.4, 0.5) is 0 Å². The van der Waals surface area contributed by atoms with Crippen molar-refractivity contribution in [3.8, 4) is 0 Å². The van der Waals surface area contributed by atoms with Gasteiger partial charge in [-0.25, -0.2) is 0 Å². The van der Waals surface area contributed by atoms with Crippen LogP contribution in [0.25, 0.3) is 0 Å². The number of hydrogen-bond acceptors (Lipinski definition) is 1. The summed E-state index contributed by atoms with van der Waals surface area (Å²) in [6, 6.07) is 0. The van der Waals surface area contributed by atoms with Crippen LogP contribution in [0.3, 0.4) is 0 Å². The third-order valence-corrected chi connectivity index (χ3v) is 1.32. The largest absolute Gasteiger partial charge is 0.308 e. The first-order valence-electron chi connectivity index (χ1n) is 3.95. The molecule has 0 aromatic carbocycles. The van der Waals surface area contributed by atoms with Crippen LogP contribution in [0.2, 0.25) is 0 Å². The second kappa shape index (κ2) is 7.73. The molecule has 0 aromatic rings. The molecule has 0 aliphatic carbocycles. The van der Waals surface area contributed by atoms with Crippen LogP contribution in [0, 0.1) is 5.41 Å². The lowest BCUT2D eigenvalue weighted by Crippen LogP contribution is -1.76. The SMILES string of the molecule is C=C/C=C(C=N)\C=C/CCC=C. The Kier molecular flexibility index (Phi) is 6.85. The zero-order valence-electron chi connectivity index (χ0n) is 7.29. The third kappa shape index (κ3) is 5.42. The summed E-state index contributed by atoms with van der Waals surface area (Å²) in [5.41, 5.74) is 0.870. The molecule has 64 valence electrons. The van der Waals surface area contributed by atoms with Crippen molar-refractivity contribution in [2.75, 3.05) is 0 Å². The lowest BCUT2D eigenvalue weighted by Gasteiger charge is -1.88. The molecular formula is C11H15N. The summed E-state index contributed by atoms with van der Waals surface area (Å²) in [7, 11) is 0. The fourth-order valence-corrected chi connectivity index (χ4v) is 0.721. The van der Waals surface area contributed by atoms with E-state index in [9.17, 15) is 0 Å². The predicted octanol–water partition coefficient (Wildman–Crippen LogP) is 3.27. The Morgan fingerprint density at radius 3 is 2.50 bits per heavy atom. The second-order valence-electron chi connectivity index (χ2n) is 2.32. The van der Waals surface area contributed by atoms with Crippen LogP contribution in [0.5, 0.6) is 0 Å². The van der Waals surface area contributed by atoms with Crippen LogP contribution in [0.15, 0.2) is 49.1 Å².